The molecule has 0 atom stereocenters. The second kappa shape index (κ2) is 10.5. The van der Waals surface area contributed by atoms with Gasteiger partial charge >= 0.3 is 0 Å². The summed E-state index contributed by atoms with van der Waals surface area (Å²) in [6.45, 7) is 3.73. The molecule has 2 aliphatic heterocycles. The van der Waals surface area contributed by atoms with Crippen LogP contribution in [0.1, 0.15) is 24.2 Å². The fourth-order valence-corrected chi connectivity index (χ4v) is 5.36. The average molecular weight is 493 g/mol. The summed E-state index contributed by atoms with van der Waals surface area (Å²) in [5, 5.41) is 9.43. The zero-order valence-corrected chi connectivity index (χ0v) is 20.1. The summed E-state index contributed by atoms with van der Waals surface area (Å²) >= 11 is 2.57. The molecule has 2 aliphatic rings. The lowest BCUT2D eigenvalue weighted by Crippen LogP contribution is -2.35. The second-order valence-electron chi connectivity index (χ2n) is 8.28. The molecule has 2 N–H and O–H groups in total. The number of carbonyl (C=O) groups excluding carboxylic acids is 2. The first-order chi connectivity index (χ1) is 16.6. The highest BCUT2D eigenvalue weighted by Gasteiger charge is 2.25. The molecule has 0 aromatic carbocycles. The number of aromatic nitrogens is 3. The molecule has 2 fully saturated rings. The molecule has 8 nitrogen and oxygen atoms in total. The summed E-state index contributed by atoms with van der Waals surface area (Å²) < 4.78 is 0. The molecule has 0 bridgehead atoms. The van der Waals surface area contributed by atoms with E-state index in [0.717, 1.165) is 62.2 Å². The number of nitrogens with zero attached hydrogens (tertiary/aromatic N) is 4. The summed E-state index contributed by atoms with van der Waals surface area (Å²) in [7, 11) is 0. The second-order valence-corrected chi connectivity index (χ2v) is 10.1. The highest BCUT2D eigenvalue weighted by molar-refractivity contribution is 8.18. The Hall–Kier alpha value is -3.08. The van der Waals surface area contributed by atoms with Crippen LogP contribution >= 0.6 is 23.1 Å². The third-order valence-corrected chi connectivity index (χ3v) is 7.36. The Labute approximate surface area is 205 Å². The van der Waals surface area contributed by atoms with E-state index in [2.05, 4.69) is 60.5 Å². The van der Waals surface area contributed by atoms with Crippen LogP contribution in [0.25, 0.3) is 17.3 Å². The molecule has 5 heterocycles. The Kier molecular flexibility index (Phi) is 6.98. The molecule has 3 aromatic rings. The maximum absolute atomic E-state index is 11.7. The van der Waals surface area contributed by atoms with Gasteiger partial charge in [0.2, 0.25) is 5.95 Å². The smallest absolute Gasteiger partial charge is 0.290 e. The van der Waals surface area contributed by atoms with Crippen molar-refractivity contribution in [3.63, 3.8) is 0 Å². The van der Waals surface area contributed by atoms with Crippen molar-refractivity contribution in [1.82, 2.24) is 25.2 Å². The van der Waals surface area contributed by atoms with Crippen LogP contribution < -0.4 is 10.6 Å². The van der Waals surface area contributed by atoms with Gasteiger partial charge in [0.05, 0.1) is 22.0 Å². The molecule has 3 aromatic heterocycles. The van der Waals surface area contributed by atoms with Gasteiger partial charge in [-0.2, -0.15) is 11.3 Å². The van der Waals surface area contributed by atoms with Gasteiger partial charge in [0.25, 0.3) is 11.1 Å². The van der Waals surface area contributed by atoms with Crippen LogP contribution in [-0.4, -0.2) is 50.6 Å². The minimum atomic E-state index is -0.386. The quantitative estimate of drug-likeness (QED) is 0.472. The van der Waals surface area contributed by atoms with Crippen molar-refractivity contribution in [3.05, 3.63) is 63.6 Å². The maximum Gasteiger partial charge on any atom is 0.290 e. The van der Waals surface area contributed by atoms with Crippen molar-refractivity contribution in [3.8, 4) is 11.3 Å². The van der Waals surface area contributed by atoms with Gasteiger partial charge in [0.1, 0.15) is 0 Å². The minimum absolute atomic E-state index is 0.345. The molecule has 10 heteroatoms. The number of thiophene rings is 1. The van der Waals surface area contributed by atoms with Crippen LogP contribution in [0.15, 0.2) is 52.2 Å². The molecular formula is C24H24N6O2S2. The number of carbonyl (C=O) groups is 2. The SMILES string of the molecule is O=C1NC(=O)/C(=C\c2ccnc(NCC3CCN(Cc4cccc(-c5ccsc5)n4)CC3)n2)S1. The maximum atomic E-state index is 11.7. The molecule has 0 aliphatic carbocycles. The number of rotatable bonds is 7. The van der Waals surface area contributed by atoms with E-state index in [4.69, 9.17) is 4.98 Å². The number of pyridine rings is 1. The predicted molar refractivity (Wildman–Crippen MR) is 135 cm³/mol. The third-order valence-electron chi connectivity index (χ3n) is 5.86. The number of nitrogens with one attached hydrogen (secondary N) is 2. The zero-order valence-electron chi connectivity index (χ0n) is 18.4. The molecule has 2 amide bonds. The molecule has 174 valence electrons. The lowest BCUT2D eigenvalue weighted by Gasteiger charge is -2.31. The third kappa shape index (κ3) is 5.69. The molecular weight excluding hydrogens is 468 g/mol. The highest BCUT2D eigenvalue weighted by atomic mass is 32.2. The number of anilines is 1. The van der Waals surface area contributed by atoms with E-state index >= 15 is 0 Å². The Morgan fingerprint density at radius 2 is 2.03 bits per heavy atom. The van der Waals surface area contributed by atoms with E-state index in [1.54, 1.807) is 29.7 Å². The van der Waals surface area contributed by atoms with E-state index in [1.165, 1.54) is 5.56 Å². The van der Waals surface area contributed by atoms with Crippen molar-refractivity contribution >= 4 is 46.3 Å². The first-order valence-electron chi connectivity index (χ1n) is 11.1. The first-order valence-corrected chi connectivity index (χ1v) is 12.9. The van der Waals surface area contributed by atoms with Gasteiger partial charge in [-0.15, -0.1) is 0 Å². The largest absolute Gasteiger partial charge is 0.354 e. The van der Waals surface area contributed by atoms with Crippen LogP contribution in [0.5, 0.6) is 0 Å². The number of thioether (sulfide) groups is 1. The van der Waals surface area contributed by atoms with Crippen LogP contribution in [0, 0.1) is 5.92 Å². The number of likely N-dealkylation sites (tertiary alicyclic amines) is 1. The molecule has 2 saturated heterocycles. The molecule has 5 rings (SSSR count). The van der Waals surface area contributed by atoms with E-state index in [-0.39, 0.29) is 11.1 Å². The first kappa shape index (κ1) is 22.7. The molecule has 0 radical (unpaired) electrons. The summed E-state index contributed by atoms with van der Waals surface area (Å²) in [6.07, 6.45) is 5.46. The van der Waals surface area contributed by atoms with E-state index in [0.29, 0.717) is 22.5 Å². The summed E-state index contributed by atoms with van der Waals surface area (Å²) in [5.41, 5.74) is 3.92. The normalized spacial score (nSPS) is 18.4. The van der Waals surface area contributed by atoms with Gasteiger partial charge < -0.3 is 5.32 Å². The molecule has 0 saturated carbocycles. The Bertz CT molecular complexity index is 1210. The van der Waals surface area contributed by atoms with Gasteiger partial charge in [-0.1, -0.05) is 6.07 Å². The van der Waals surface area contributed by atoms with Crippen LogP contribution in [-0.2, 0) is 11.3 Å². The Balaban J connectivity index is 1.11. The number of hydrogen-bond acceptors (Lipinski definition) is 9. The molecule has 34 heavy (non-hydrogen) atoms. The average Bonchev–Trinajstić information content (AvgIpc) is 3.49. The van der Waals surface area contributed by atoms with Gasteiger partial charge in [0, 0.05) is 30.2 Å². The summed E-state index contributed by atoms with van der Waals surface area (Å²) in [4.78, 5) is 39.5. The zero-order chi connectivity index (χ0) is 23.3. The fourth-order valence-electron chi connectivity index (χ4n) is 4.05. The van der Waals surface area contributed by atoms with Crippen molar-refractivity contribution in [2.45, 2.75) is 19.4 Å². The highest BCUT2D eigenvalue weighted by Crippen LogP contribution is 2.25. The van der Waals surface area contributed by atoms with Crippen LogP contribution in [0.3, 0.4) is 0 Å². The standard InChI is InChI=1S/C24H24N6O2S2/c31-22-21(34-24(32)29-22)12-18-4-8-25-23(28-18)26-13-16-5-9-30(10-6-16)14-19-2-1-3-20(27-19)17-7-11-33-15-17/h1-4,7-8,11-12,15-16H,5-6,9-10,13-14H2,(H,25,26,28)(H,29,31,32)/b21-12+. The van der Waals surface area contributed by atoms with Crippen LogP contribution in [0.2, 0.25) is 0 Å². The van der Waals surface area contributed by atoms with Gasteiger partial charge in [-0.3, -0.25) is 24.8 Å². The Morgan fingerprint density at radius 1 is 1.15 bits per heavy atom. The number of hydrogen-bond donors (Lipinski definition) is 2. The van der Waals surface area contributed by atoms with Crippen molar-refractivity contribution in [1.29, 1.82) is 0 Å². The minimum Gasteiger partial charge on any atom is -0.354 e. The lowest BCUT2D eigenvalue weighted by atomic mass is 9.96. The monoisotopic (exact) mass is 492 g/mol. The topological polar surface area (TPSA) is 100 Å². The van der Waals surface area contributed by atoms with Crippen molar-refractivity contribution in [2.75, 3.05) is 25.0 Å². The van der Waals surface area contributed by atoms with Crippen LogP contribution in [0.4, 0.5) is 10.7 Å². The number of imide groups is 1. The van der Waals surface area contributed by atoms with Gasteiger partial charge in [-0.25, -0.2) is 9.97 Å². The van der Waals surface area contributed by atoms with Crippen molar-refractivity contribution < 1.29 is 9.59 Å². The summed E-state index contributed by atoms with van der Waals surface area (Å²) in [5.74, 6) is 0.685. The van der Waals surface area contributed by atoms with E-state index < -0.39 is 0 Å². The van der Waals surface area contributed by atoms with E-state index in [1.807, 2.05) is 0 Å². The Morgan fingerprint density at radius 3 is 2.79 bits per heavy atom. The van der Waals surface area contributed by atoms with Crippen molar-refractivity contribution in [2.24, 2.45) is 5.92 Å². The van der Waals surface area contributed by atoms with Gasteiger partial charge in [0.15, 0.2) is 0 Å². The fraction of sp³-hybridized carbons (Fsp3) is 0.292. The number of piperidine rings is 1. The molecule has 0 unspecified atom stereocenters. The van der Waals surface area contributed by atoms with Gasteiger partial charge in [-0.05, 0) is 79.3 Å². The van der Waals surface area contributed by atoms with E-state index in [9.17, 15) is 9.59 Å². The summed E-state index contributed by atoms with van der Waals surface area (Å²) in [6, 6.07) is 10.1. The lowest BCUT2D eigenvalue weighted by molar-refractivity contribution is -0.115. The number of amides is 2. The predicted octanol–water partition coefficient (Wildman–Crippen LogP) is 4.25. The molecule has 0 spiro atoms.